The second-order valence-electron chi connectivity index (χ2n) is 4.31. The van der Waals surface area contributed by atoms with Crippen LogP contribution in [0.2, 0.25) is 0 Å². The highest BCUT2D eigenvalue weighted by Gasteiger charge is 2.50. The largest absolute Gasteiger partial charge is 0.595 e. The molecular formula is C12H16F2N2P+. The first-order valence-electron chi connectivity index (χ1n) is 5.45. The van der Waals surface area contributed by atoms with Gasteiger partial charge in [0.25, 0.3) is 0 Å². The van der Waals surface area contributed by atoms with E-state index in [2.05, 4.69) is 0 Å². The van der Waals surface area contributed by atoms with E-state index in [0.29, 0.717) is 22.8 Å². The number of aromatic nitrogens is 2. The lowest BCUT2D eigenvalue weighted by atomic mass is 10.5. The number of halogens is 2. The van der Waals surface area contributed by atoms with Crippen LogP contribution in [-0.4, -0.2) is 8.68 Å². The van der Waals surface area contributed by atoms with Crippen LogP contribution in [0.4, 0.5) is 8.39 Å². The first-order chi connectivity index (χ1) is 7.85. The quantitative estimate of drug-likeness (QED) is 0.699. The van der Waals surface area contributed by atoms with Gasteiger partial charge in [0.1, 0.15) is 0 Å². The normalized spacial score (nSPS) is 12.1. The van der Waals surface area contributed by atoms with Crippen molar-refractivity contribution in [3.63, 3.8) is 0 Å². The molecule has 0 amide bonds. The third-order valence-corrected chi connectivity index (χ3v) is 5.17. The van der Waals surface area contributed by atoms with E-state index in [0.717, 1.165) is 0 Å². The second-order valence-corrected chi connectivity index (χ2v) is 6.02. The summed E-state index contributed by atoms with van der Waals surface area (Å²) in [6.07, 6.45) is 0. The molecule has 0 radical (unpaired) electrons. The number of rotatable bonds is 2. The highest BCUT2D eigenvalue weighted by Crippen LogP contribution is 2.66. The van der Waals surface area contributed by atoms with Crippen LogP contribution in [0.3, 0.4) is 0 Å². The van der Waals surface area contributed by atoms with Gasteiger partial charge in [-0.25, -0.2) is 0 Å². The van der Waals surface area contributed by atoms with E-state index in [4.69, 9.17) is 0 Å². The summed E-state index contributed by atoms with van der Waals surface area (Å²) in [5.74, 6) is 0. The first-order valence-corrected chi connectivity index (χ1v) is 6.93. The van der Waals surface area contributed by atoms with E-state index < -0.39 is 8.19 Å². The molecule has 0 bridgehead atoms. The number of nitrogens with zero attached hydrogens (tertiary/aromatic N) is 2. The molecule has 92 valence electrons. The Bertz CT molecular complexity index is 468. The lowest BCUT2D eigenvalue weighted by Crippen LogP contribution is -2.10. The fourth-order valence-electron chi connectivity index (χ4n) is 2.17. The Morgan fingerprint density at radius 1 is 0.706 bits per heavy atom. The van der Waals surface area contributed by atoms with Crippen molar-refractivity contribution >= 4 is 8.19 Å². The van der Waals surface area contributed by atoms with Gasteiger partial charge in [-0.15, -0.1) is 8.68 Å². The molecule has 0 aliphatic carbocycles. The molecule has 17 heavy (non-hydrogen) atoms. The van der Waals surface area contributed by atoms with Crippen molar-refractivity contribution in [3.8, 4) is 0 Å². The second kappa shape index (κ2) is 3.95. The van der Waals surface area contributed by atoms with Crippen LogP contribution in [0.5, 0.6) is 0 Å². The molecule has 2 nitrogen and oxygen atoms in total. The van der Waals surface area contributed by atoms with Crippen LogP contribution in [0.1, 0.15) is 22.8 Å². The topological polar surface area (TPSA) is 9.86 Å². The molecule has 2 rings (SSSR count). The zero-order valence-electron chi connectivity index (χ0n) is 10.4. The molecule has 0 N–H and O–H groups in total. The third kappa shape index (κ3) is 1.81. The number of hydrogen-bond acceptors (Lipinski definition) is 0. The third-order valence-electron chi connectivity index (χ3n) is 2.95. The summed E-state index contributed by atoms with van der Waals surface area (Å²) >= 11 is 0. The highest BCUT2D eigenvalue weighted by molar-refractivity contribution is 7.62. The molecule has 0 aliphatic heterocycles. The maximum absolute atomic E-state index is 14.6. The van der Waals surface area contributed by atoms with Crippen LogP contribution >= 0.6 is 8.19 Å². The molecule has 0 spiro atoms. The molecule has 2 heterocycles. The molecule has 0 aliphatic rings. The summed E-state index contributed by atoms with van der Waals surface area (Å²) in [5, 5.41) is 0. The Balaban J connectivity index is 2.65. The minimum atomic E-state index is -4.37. The van der Waals surface area contributed by atoms with Crippen molar-refractivity contribution in [3.05, 3.63) is 47.0 Å². The molecule has 0 unspecified atom stereocenters. The Morgan fingerprint density at radius 2 is 0.941 bits per heavy atom. The van der Waals surface area contributed by atoms with Crippen molar-refractivity contribution in [2.45, 2.75) is 27.7 Å². The van der Waals surface area contributed by atoms with E-state index in [9.17, 15) is 8.39 Å². The van der Waals surface area contributed by atoms with Crippen LogP contribution < -0.4 is 0 Å². The average Bonchev–Trinajstić information content (AvgIpc) is 2.71. The van der Waals surface area contributed by atoms with Gasteiger partial charge in [0.05, 0.1) is 22.8 Å². The van der Waals surface area contributed by atoms with Gasteiger partial charge in [0, 0.05) is 8.39 Å². The lowest BCUT2D eigenvalue weighted by Gasteiger charge is -2.14. The molecular weight excluding hydrogens is 241 g/mol. The number of aryl methyl sites for hydroxylation is 4. The van der Waals surface area contributed by atoms with Gasteiger partial charge >= 0.3 is 8.19 Å². The van der Waals surface area contributed by atoms with E-state index >= 15 is 0 Å². The maximum Gasteiger partial charge on any atom is 0.595 e. The van der Waals surface area contributed by atoms with Crippen LogP contribution in [0, 0.1) is 27.7 Å². The maximum atomic E-state index is 14.6. The molecule has 0 fully saturated rings. The standard InChI is InChI=1S/C12H16F2N2P/c1-9-5-6-10(2)15(9)17(13,14)16-11(3)7-8-12(16)4/h5-8H,1-4H3/q+1. The zero-order valence-corrected chi connectivity index (χ0v) is 11.3. The molecule has 5 heteroatoms. The van der Waals surface area contributed by atoms with E-state index in [1.165, 1.54) is 8.68 Å². The molecule has 2 aromatic heterocycles. The van der Waals surface area contributed by atoms with Crippen LogP contribution in [0.25, 0.3) is 0 Å². The minimum Gasteiger partial charge on any atom is -0.147 e. The molecule has 0 aromatic carbocycles. The molecule has 0 atom stereocenters. The van der Waals surface area contributed by atoms with E-state index in [1.807, 2.05) is 0 Å². The summed E-state index contributed by atoms with van der Waals surface area (Å²) in [7, 11) is -4.37. The minimum absolute atomic E-state index is 0.605. The van der Waals surface area contributed by atoms with Gasteiger partial charge in [-0.2, -0.15) is 0 Å². The highest BCUT2D eigenvalue weighted by atomic mass is 31.3. The summed E-state index contributed by atoms with van der Waals surface area (Å²) in [6.45, 7) is 6.87. The SMILES string of the molecule is Cc1ccc(C)n1[P+](F)(F)n1c(C)ccc1C. The molecule has 0 saturated carbocycles. The van der Waals surface area contributed by atoms with Crippen molar-refractivity contribution in [2.75, 3.05) is 0 Å². The summed E-state index contributed by atoms with van der Waals surface area (Å²) in [6, 6.07) is 6.93. The first kappa shape index (κ1) is 12.3. The van der Waals surface area contributed by atoms with E-state index in [-0.39, 0.29) is 0 Å². The smallest absolute Gasteiger partial charge is 0.147 e. The molecule has 0 saturated heterocycles. The van der Waals surface area contributed by atoms with Crippen molar-refractivity contribution < 1.29 is 8.39 Å². The predicted octanol–water partition coefficient (Wildman–Crippen LogP) is 4.54. The fraction of sp³-hybridized carbons (Fsp3) is 0.333. The Kier molecular flexibility index (Phi) is 2.86. The van der Waals surface area contributed by atoms with Gasteiger partial charge in [0.15, 0.2) is 0 Å². The summed E-state index contributed by atoms with van der Waals surface area (Å²) in [4.78, 5) is 0. The lowest BCUT2D eigenvalue weighted by molar-refractivity contribution is 0.632. The van der Waals surface area contributed by atoms with Gasteiger partial charge in [-0.05, 0) is 52.0 Å². The number of hydrogen-bond donors (Lipinski definition) is 0. The molecule has 2 aromatic rings. The summed E-state index contributed by atoms with van der Waals surface area (Å²) < 4.78 is 31.6. The van der Waals surface area contributed by atoms with Gasteiger partial charge in [0.2, 0.25) is 0 Å². The zero-order chi connectivity index (χ0) is 12.8. The van der Waals surface area contributed by atoms with Crippen molar-refractivity contribution in [2.24, 2.45) is 0 Å². The van der Waals surface area contributed by atoms with Crippen LogP contribution in [0.15, 0.2) is 24.3 Å². The van der Waals surface area contributed by atoms with E-state index in [1.54, 1.807) is 52.0 Å². The van der Waals surface area contributed by atoms with Gasteiger partial charge in [-0.1, -0.05) is 0 Å². The summed E-state index contributed by atoms with van der Waals surface area (Å²) in [5.41, 5.74) is 2.42. The fourth-order valence-corrected chi connectivity index (χ4v) is 4.13. The Morgan fingerprint density at radius 3 is 1.18 bits per heavy atom. The van der Waals surface area contributed by atoms with Crippen molar-refractivity contribution in [1.82, 2.24) is 8.68 Å². The predicted molar refractivity (Wildman–Crippen MR) is 67.7 cm³/mol. The van der Waals surface area contributed by atoms with Crippen molar-refractivity contribution in [1.29, 1.82) is 0 Å². The Labute approximate surface area is 101 Å². The average molecular weight is 257 g/mol. The van der Waals surface area contributed by atoms with Gasteiger partial charge < -0.3 is 0 Å². The van der Waals surface area contributed by atoms with Crippen LogP contribution in [-0.2, 0) is 0 Å². The van der Waals surface area contributed by atoms with Gasteiger partial charge in [-0.3, -0.25) is 0 Å². The Hall–Kier alpha value is -1.15. The monoisotopic (exact) mass is 257 g/mol.